The number of para-hydroxylation sites is 1. The summed E-state index contributed by atoms with van der Waals surface area (Å²) in [5, 5.41) is 44.0. The Morgan fingerprint density at radius 2 is 1.39 bits per heavy atom. The summed E-state index contributed by atoms with van der Waals surface area (Å²) in [6.45, 7) is 8.52. The van der Waals surface area contributed by atoms with Gasteiger partial charge in [0.25, 0.3) is 0 Å². The largest absolute Gasteiger partial charge is 0.507 e. The van der Waals surface area contributed by atoms with Crippen LogP contribution in [0.1, 0.15) is 44.6 Å². The van der Waals surface area contributed by atoms with E-state index in [9.17, 15) is 9.90 Å². The molecule has 0 radical (unpaired) electrons. The molecule has 0 amide bonds. The van der Waals surface area contributed by atoms with Crippen LogP contribution in [0, 0.1) is 27.7 Å². The zero-order valence-electron chi connectivity index (χ0n) is 19.2. The first-order chi connectivity index (χ1) is 15.5. The Bertz CT molecular complexity index is 1090. The predicted molar refractivity (Wildman–Crippen MR) is 126 cm³/mol. The Hall–Kier alpha value is -3.87. The first-order valence-corrected chi connectivity index (χ1v) is 10.5. The molecule has 0 saturated carbocycles. The Morgan fingerprint density at radius 1 is 0.818 bits per heavy atom. The van der Waals surface area contributed by atoms with Crippen molar-refractivity contribution in [3.63, 3.8) is 0 Å². The molecule has 0 aliphatic carbocycles. The van der Waals surface area contributed by atoms with Crippen molar-refractivity contribution in [2.75, 3.05) is 6.61 Å². The van der Waals surface area contributed by atoms with E-state index >= 15 is 0 Å². The molecule has 176 valence electrons. The molecule has 0 unspecified atom stereocenters. The van der Waals surface area contributed by atoms with E-state index in [1.54, 1.807) is 13.8 Å². The van der Waals surface area contributed by atoms with Gasteiger partial charge in [-0.05, 0) is 98.7 Å². The van der Waals surface area contributed by atoms with Crippen LogP contribution in [-0.2, 0) is 6.42 Å². The summed E-state index contributed by atoms with van der Waals surface area (Å²) < 4.78 is 5.59. The molecule has 0 fully saturated rings. The van der Waals surface area contributed by atoms with Crippen molar-refractivity contribution in [2.45, 2.75) is 40.5 Å². The van der Waals surface area contributed by atoms with Crippen molar-refractivity contribution >= 4 is 5.97 Å². The fourth-order valence-corrected chi connectivity index (χ4v) is 3.44. The third-order valence-corrected chi connectivity index (χ3v) is 5.14. The number of aromatic hydroxyl groups is 4. The molecule has 5 N–H and O–H groups in total. The van der Waals surface area contributed by atoms with Crippen LogP contribution < -0.4 is 4.74 Å². The van der Waals surface area contributed by atoms with Crippen molar-refractivity contribution in [1.82, 2.24) is 0 Å². The minimum Gasteiger partial charge on any atom is -0.507 e. The minimum absolute atomic E-state index is 0.167. The lowest BCUT2D eigenvalue weighted by Gasteiger charge is -2.19. The Balaban J connectivity index is 0.000000177. The maximum absolute atomic E-state index is 10.5. The summed E-state index contributed by atoms with van der Waals surface area (Å²) >= 11 is 0. The van der Waals surface area contributed by atoms with Crippen molar-refractivity contribution in [1.29, 1.82) is 0 Å². The van der Waals surface area contributed by atoms with Gasteiger partial charge in [-0.3, -0.25) is 0 Å². The van der Waals surface area contributed by atoms with Crippen molar-refractivity contribution in [3.05, 3.63) is 75.8 Å². The first-order valence-electron chi connectivity index (χ1n) is 10.5. The molecule has 7 heteroatoms. The van der Waals surface area contributed by atoms with Gasteiger partial charge < -0.3 is 30.3 Å². The van der Waals surface area contributed by atoms with Crippen molar-refractivity contribution in [2.24, 2.45) is 0 Å². The summed E-state index contributed by atoms with van der Waals surface area (Å²) in [7, 11) is 0. The number of hydrogen-bond donors (Lipinski definition) is 5. The van der Waals surface area contributed by atoms with Gasteiger partial charge in [0.15, 0.2) is 17.2 Å². The second-order valence-electron chi connectivity index (χ2n) is 7.92. The van der Waals surface area contributed by atoms with Crippen molar-refractivity contribution in [3.8, 4) is 28.7 Å². The zero-order valence-corrected chi connectivity index (χ0v) is 19.2. The summed E-state index contributed by atoms with van der Waals surface area (Å²) in [5.41, 5.74) is 5.48. The normalized spacial score (nSPS) is 11.6. The average molecular weight is 455 g/mol. The van der Waals surface area contributed by atoms with Crippen molar-refractivity contribution < 1.29 is 35.1 Å². The maximum atomic E-state index is 10.5. The van der Waals surface area contributed by atoms with E-state index in [0.29, 0.717) is 11.1 Å². The van der Waals surface area contributed by atoms with Crippen LogP contribution in [0.3, 0.4) is 0 Å². The van der Waals surface area contributed by atoms with Crippen LogP contribution in [0.25, 0.3) is 0 Å². The first kappa shape index (κ1) is 25.4. The molecular weight excluding hydrogens is 424 g/mol. The molecule has 1 aliphatic heterocycles. The van der Waals surface area contributed by atoms with E-state index in [1.807, 2.05) is 0 Å². The lowest BCUT2D eigenvalue weighted by molar-refractivity contribution is 0.0696. The summed E-state index contributed by atoms with van der Waals surface area (Å²) in [6, 6.07) is 11.3. The Morgan fingerprint density at radius 3 is 1.91 bits per heavy atom. The summed E-state index contributed by atoms with van der Waals surface area (Å²) in [6.07, 6.45) is 2.35. The van der Waals surface area contributed by atoms with Gasteiger partial charge in [-0.25, -0.2) is 4.79 Å². The quantitative estimate of drug-likeness (QED) is 0.322. The van der Waals surface area contributed by atoms with E-state index in [2.05, 4.69) is 26.0 Å². The SMILES string of the molecule is Cc1cc(C(=O)O)cc(C)c1O.Cc1cc(C)c2c(c1)OCCC2.Oc1cccc(O)c1O. The van der Waals surface area contributed by atoms with Gasteiger partial charge >= 0.3 is 5.97 Å². The molecule has 1 heterocycles. The van der Waals surface area contributed by atoms with E-state index in [-0.39, 0.29) is 22.8 Å². The summed E-state index contributed by atoms with van der Waals surface area (Å²) in [4.78, 5) is 10.5. The third kappa shape index (κ3) is 6.80. The highest BCUT2D eigenvalue weighted by atomic mass is 16.5. The van der Waals surface area contributed by atoms with Gasteiger partial charge in [-0.1, -0.05) is 12.1 Å². The van der Waals surface area contributed by atoms with Gasteiger partial charge in [0.1, 0.15) is 11.5 Å². The fourth-order valence-electron chi connectivity index (χ4n) is 3.44. The lowest BCUT2D eigenvalue weighted by Crippen LogP contribution is -2.09. The highest BCUT2D eigenvalue weighted by Crippen LogP contribution is 2.33. The molecule has 0 bridgehead atoms. The number of fused-ring (bicyclic) bond motifs is 1. The number of carbonyl (C=O) groups is 1. The molecule has 1 aliphatic rings. The number of ether oxygens (including phenoxy) is 1. The monoisotopic (exact) mass is 454 g/mol. The molecule has 3 aromatic carbocycles. The number of phenols is 4. The van der Waals surface area contributed by atoms with Crippen LogP contribution in [-0.4, -0.2) is 38.1 Å². The Kier molecular flexibility index (Phi) is 8.56. The average Bonchev–Trinajstić information content (AvgIpc) is 2.76. The van der Waals surface area contributed by atoms with E-state index in [0.717, 1.165) is 18.8 Å². The fraction of sp³-hybridized carbons (Fsp3) is 0.269. The number of benzene rings is 3. The molecule has 0 aromatic heterocycles. The van der Waals surface area contributed by atoms with Crippen LogP contribution in [0.15, 0.2) is 42.5 Å². The van der Waals surface area contributed by atoms with Gasteiger partial charge in [-0.15, -0.1) is 0 Å². The third-order valence-electron chi connectivity index (χ3n) is 5.14. The second kappa shape index (κ2) is 11.1. The van der Waals surface area contributed by atoms with Gasteiger partial charge in [0.05, 0.1) is 12.2 Å². The molecule has 3 aromatic rings. The number of carboxylic acids is 1. The molecule has 33 heavy (non-hydrogen) atoms. The molecule has 4 rings (SSSR count). The van der Waals surface area contributed by atoms with E-state index < -0.39 is 11.7 Å². The number of aryl methyl sites for hydroxylation is 4. The number of aromatic carboxylic acids is 1. The van der Waals surface area contributed by atoms with Gasteiger partial charge in [0, 0.05) is 0 Å². The van der Waals surface area contributed by atoms with Crippen LogP contribution in [0.2, 0.25) is 0 Å². The van der Waals surface area contributed by atoms with Gasteiger partial charge in [-0.2, -0.15) is 0 Å². The second-order valence-corrected chi connectivity index (χ2v) is 7.92. The lowest BCUT2D eigenvalue weighted by atomic mass is 9.99. The Labute approximate surface area is 193 Å². The molecule has 0 saturated heterocycles. The topological polar surface area (TPSA) is 127 Å². The maximum Gasteiger partial charge on any atom is 0.335 e. The van der Waals surface area contributed by atoms with Crippen LogP contribution >= 0.6 is 0 Å². The number of carboxylic acid groups (broad SMARTS) is 1. The molecular formula is C26H30O7. The van der Waals surface area contributed by atoms with E-state index in [1.165, 1.54) is 53.4 Å². The van der Waals surface area contributed by atoms with Crippen LogP contribution in [0.4, 0.5) is 0 Å². The minimum atomic E-state index is -0.971. The number of rotatable bonds is 1. The number of hydrogen-bond acceptors (Lipinski definition) is 6. The van der Waals surface area contributed by atoms with E-state index in [4.69, 9.17) is 25.2 Å². The predicted octanol–water partition coefficient (Wildman–Crippen LogP) is 5.14. The molecule has 0 atom stereocenters. The smallest absolute Gasteiger partial charge is 0.335 e. The molecule has 7 nitrogen and oxygen atoms in total. The van der Waals surface area contributed by atoms with Crippen LogP contribution in [0.5, 0.6) is 28.7 Å². The zero-order chi connectivity index (χ0) is 24.7. The highest BCUT2D eigenvalue weighted by molar-refractivity contribution is 5.88. The summed E-state index contributed by atoms with van der Waals surface area (Å²) in [5.74, 6) is -0.789. The van der Waals surface area contributed by atoms with Gasteiger partial charge in [0.2, 0.25) is 0 Å². The number of phenolic OH excluding ortho intramolecular Hbond substituents is 4. The highest BCUT2D eigenvalue weighted by Gasteiger charge is 2.12. The molecule has 0 spiro atoms. The standard InChI is InChI=1S/C11H14O.C9H10O3.C6H6O3/c1-8-6-9(2)10-4-3-5-12-11(10)7-8;1-5-3-7(9(11)12)4-6(2)8(5)10;7-4-2-1-3-5(8)6(4)9/h6-7H,3-5H2,1-2H3;3-4,10H,1-2H3,(H,11,12);1-3,7-9H.